The summed E-state index contributed by atoms with van der Waals surface area (Å²) in [5.74, 6) is -0.219. The van der Waals surface area contributed by atoms with Gasteiger partial charge in [0.2, 0.25) is 0 Å². The third-order valence-electron chi connectivity index (χ3n) is 2.73. The van der Waals surface area contributed by atoms with Gasteiger partial charge in [0.05, 0.1) is 12.7 Å². The lowest BCUT2D eigenvalue weighted by Gasteiger charge is -2.05. The maximum Gasteiger partial charge on any atom is 0.337 e. The minimum atomic E-state index is -0.433. The molecule has 1 aromatic carbocycles. The number of hydrogen-bond acceptors (Lipinski definition) is 4. The van der Waals surface area contributed by atoms with E-state index in [2.05, 4.69) is 15.0 Å². The number of amides is 1. The van der Waals surface area contributed by atoms with Gasteiger partial charge in [-0.2, -0.15) is 0 Å². The molecule has 0 fully saturated rings. The van der Waals surface area contributed by atoms with Crippen molar-refractivity contribution >= 4 is 17.7 Å². The van der Waals surface area contributed by atoms with Gasteiger partial charge in [0.25, 0.3) is 5.91 Å². The van der Waals surface area contributed by atoms with Gasteiger partial charge in [-0.05, 0) is 48.9 Å². The van der Waals surface area contributed by atoms with Crippen molar-refractivity contribution in [2.24, 2.45) is 0 Å². The van der Waals surface area contributed by atoms with Gasteiger partial charge >= 0.3 is 5.97 Å². The van der Waals surface area contributed by atoms with Crippen LogP contribution >= 0.6 is 0 Å². The molecule has 102 valence electrons. The molecule has 5 nitrogen and oxygen atoms in total. The van der Waals surface area contributed by atoms with Crippen molar-refractivity contribution in [1.29, 1.82) is 0 Å². The number of carbonyl (C=O) groups excluding carboxylic acids is 2. The summed E-state index contributed by atoms with van der Waals surface area (Å²) in [6.07, 6.45) is 1.63. The number of ether oxygens (including phenoxy) is 1. The molecule has 0 unspecified atom stereocenters. The standard InChI is InChI=1S/C15H14N2O3/c1-10-7-8-16-13(9-10)17-14(18)11-3-5-12(6-4-11)15(19)20-2/h3-9H,1-2H3,(H,16,17,18). The van der Waals surface area contributed by atoms with Gasteiger partial charge in [0.15, 0.2) is 0 Å². The highest BCUT2D eigenvalue weighted by atomic mass is 16.5. The van der Waals surface area contributed by atoms with Gasteiger partial charge in [-0.15, -0.1) is 0 Å². The Labute approximate surface area is 116 Å². The Morgan fingerprint density at radius 3 is 2.35 bits per heavy atom. The molecule has 0 radical (unpaired) electrons. The maximum absolute atomic E-state index is 12.0. The molecule has 1 heterocycles. The fourth-order valence-corrected chi connectivity index (χ4v) is 1.67. The molecule has 20 heavy (non-hydrogen) atoms. The second-order valence-corrected chi connectivity index (χ2v) is 4.24. The van der Waals surface area contributed by atoms with Crippen LogP contribution in [0.25, 0.3) is 0 Å². The summed E-state index contributed by atoms with van der Waals surface area (Å²) >= 11 is 0. The Morgan fingerprint density at radius 2 is 1.75 bits per heavy atom. The molecule has 2 aromatic rings. The van der Waals surface area contributed by atoms with Crippen molar-refractivity contribution in [3.8, 4) is 0 Å². The number of rotatable bonds is 3. The van der Waals surface area contributed by atoms with Crippen LogP contribution in [0.3, 0.4) is 0 Å². The molecule has 0 saturated heterocycles. The van der Waals surface area contributed by atoms with E-state index in [4.69, 9.17) is 0 Å². The molecule has 1 amide bonds. The molecule has 2 rings (SSSR count). The molecular weight excluding hydrogens is 256 g/mol. The molecule has 0 atom stereocenters. The quantitative estimate of drug-likeness (QED) is 0.870. The van der Waals surface area contributed by atoms with Gasteiger partial charge in [-0.1, -0.05) is 0 Å². The van der Waals surface area contributed by atoms with Gasteiger partial charge in [-0.3, -0.25) is 4.79 Å². The number of esters is 1. The van der Waals surface area contributed by atoms with Crippen LogP contribution in [0.4, 0.5) is 5.82 Å². The molecule has 0 aliphatic heterocycles. The number of aryl methyl sites for hydroxylation is 1. The van der Waals surface area contributed by atoms with Gasteiger partial charge in [-0.25, -0.2) is 9.78 Å². The predicted molar refractivity (Wildman–Crippen MR) is 74.7 cm³/mol. The Morgan fingerprint density at radius 1 is 1.10 bits per heavy atom. The summed E-state index contributed by atoms with van der Waals surface area (Å²) in [5.41, 5.74) is 1.86. The maximum atomic E-state index is 12.0. The third-order valence-corrected chi connectivity index (χ3v) is 2.73. The van der Waals surface area contributed by atoms with Crippen molar-refractivity contribution in [1.82, 2.24) is 4.98 Å². The van der Waals surface area contributed by atoms with Crippen molar-refractivity contribution in [3.05, 3.63) is 59.3 Å². The van der Waals surface area contributed by atoms with Crippen LogP contribution in [0.2, 0.25) is 0 Å². The highest BCUT2D eigenvalue weighted by Gasteiger charge is 2.09. The Hall–Kier alpha value is -2.69. The van der Waals surface area contributed by atoms with E-state index in [9.17, 15) is 9.59 Å². The Balaban J connectivity index is 2.11. The predicted octanol–water partition coefficient (Wildman–Crippen LogP) is 2.43. The van der Waals surface area contributed by atoms with Crippen LogP contribution in [-0.2, 0) is 4.74 Å². The molecule has 0 saturated carbocycles. The summed E-state index contributed by atoms with van der Waals surface area (Å²) in [5, 5.41) is 2.70. The molecule has 1 N–H and O–H groups in total. The topological polar surface area (TPSA) is 68.3 Å². The lowest BCUT2D eigenvalue weighted by atomic mass is 10.1. The zero-order chi connectivity index (χ0) is 14.5. The molecule has 1 aromatic heterocycles. The first-order valence-electron chi connectivity index (χ1n) is 6.02. The number of methoxy groups -OCH3 is 1. The van der Waals surface area contributed by atoms with Crippen molar-refractivity contribution in [2.45, 2.75) is 6.92 Å². The van der Waals surface area contributed by atoms with E-state index in [0.717, 1.165) is 5.56 Å². The largest absolute Gasteiger partial charge is 0.465 e. The zero-order valence-electron chi connectivity index (χ0n) is 11.2. The second kappa shape index (κ2) is 5.97. The van der Waals surface area contributed by atoms with Crippen molar-refractivity contribution < 1.29 is 14.3 Å². The lowest BCUT2D eigenvalue weighted by Crippen LogP contribution is -2.13. The fraction of sp³-hybridized carbons (Fsp3) is 0.133. The molecule has 5 heteroatoms. The van der Waals surface area contributed by atoms with E-state index >= 15 is 0 Å². The second-order valence-electron chi connectivity index (χ2n) is 4.24. The van der Waals surface area contributed by atoms with Crippen LogP contribution in [0.1, 0.15) is 26.3 Å². The number of benzene rings is 1. The first-order chi connectivity index (χ1) is 9.60. The fourth-order valence-electron chi connectivity index (χ4n) is 1.67. The lowest BCUT2D eigenvalue weighted by molar-refractivity contribution is 0.0600. The van der Waals surface area contributed by atoms with E-state index in [1.165, 1.54) is 7.11 Å². The summed E-state index contributed by atoms with van der Waals surface area (Å²) in [4.78, 5) is 27.4. The Kier molecular flexibility index (Phi) is 4.10. The SMILES string of the molecule is COC(=O)c1ccc(C(=O)Nc2cc(C)ccn2)cc1. The third kappa shape index (κ3) is 3.20. The number of pyridine rings is 1. The smallest absolute Gasteiger partial charge is 0.337 e. The summed E-state index contributed by atoms with van der Waals surface area (Å²) < 4.78 is 4.60. The molecule has 0 aliphatic rings. The van der Waals surface area contributed by atoms with Crippen molar-refractivity contribution in [2.75, 3.05) is 12.4 Å². The number of anilines is 1. The van der Waals surface area contributed by atoms with Crippen LogP contribution in [0.15, 0.2) is 42.6 Å². The van der Waals surface area contributed by atoms with E-state index in [1.807, 2.05) is 13.0 Å². The zero-order valence-corrected chi connectivity index (χ0v) is 11.2. The minimum absolute atomic E-state index is 0.278. The first-order valence-corrected chi connectivity index (χ1v) is 6.02. The molecular formula is C15H14N2O3. The molecule has 0 bridgehead atoms. The number of aromatic nitrogens is 1. The normalized spacial score (nSPS) is 9.90. The summed E-state index contributed by atoms with van der Waals surface area (Å²) in [7, 11) is 1.31. The van der Waals surface area contributed by atoms with Gasteiger partial charge in [0.1, 0.15) is 5.82 Å². The Bertz CT molecular complexity index is 636. The van der Waals surface area contributed by atoms with E-state index < -0.39 is 5.97 Å². The van der Waals surface area contributed by atoms with Gasteiger partial charge in [0, 0.05) is 11.8 Å². The molecule has 0 spiro atoms. The number of nitrogens with one attached hydrogen (secondary N) is 1. The van der Waals surface area contributed by atoms with Crippen molar-refractivity contribution in [3.63, 3.8) is 0 Å². The average molecular weight is 270 g/mol. The minimum Gasteiger partial charge on any atom is -0.465 e. The average Bonchev–Trinajstić information content (AvgIpc) is 2.46. The monoisotopic (exact) mass is 270 g/mol. The van der Waals surface area contributed by atoms with Crippen LogP contribution in [0, 0.1) is 6.92 Å². The highest BCUT2D eigenvalue weighted by Crippen LogP contribution is 2.10. The van der Waals surface area contributed by atoms with E-state index in [0.29, 0.717) is 16.9 Å². The molecule has 0 aliphatic carbocycles. The number of hydrogen-bond donors (Lipinski definition) is 1. The van der Waals surface area contributed by atoms with E-state index in [1.54, 1.807) is 36.5 Å². The van der Waals surface area contributed by atoms with Crippen LogP contribution in [-0.4, -0.2) is 24.0 Å². The number of nitrogens with zero attached hydrogens (tertiary/aromatic N) is 1. The number of carbonyl (C=O) groups is 2. The van der Waals surface area contributed by atoms with Crippen LogP contribution < -0.4 is 5.32 Å². The van der Waals surface area contributed by atoms with Crippen LogP contribution in [0.5, 0.6) is 0 Å². The summed E-state index contributed by atoms with van der Waals surface area (Å²) in [6.45, 7) is 1.92. The van der Waals surface area contributed by atoms with Gasteiger partial charge < -0.3 is 10.1 Å². The highest BCUT2D eigenvalue weighted by molar-refractivity contribution is 6.04. The summed E-state index contributed by atoms with van der Waals surface area (Å²) in [6, 6.07) is 9.85. The van der Waals surface area contributed by atoms with E-state index in [-0.39, 0.29) is 5.91 Å². The first kappa shape index (κ1) is 13.7.